The van der Waals surface area contributed by atoms with E-state index in [-0.39, 0.29) is 6.09 Å². The van der Waals surface area contributed by atoms with Crippen molar-refractivity contribution in [1.82, 2.24) is 4.90 Å². The maximum atomic E-state index is 12.4. The smallest absolute Gasteiger partial charge is 0.410 e. The van der Waals surface area contributed by atoms with Gasteiger partial charge in [0.2, 0.25) is 0 Å². The van der Waals surface area contributed by atoms with E-state index in [2.05, 4.69) is 17.5 Å². The van der Waals surface area contributed by atoms with Crippen LogP contribution in [-0.4, -0.2) is 29.7 Å². The molecule has 126 valence electrons. The lowest BCUT2D eigenvalue weighted by molar-refractivity contribution is 0.0199. The summed E-state index contributed by atoms with van der Waals surface area (Å²) in [5.41, 5.74) is 1.39. The molecule has 2 aliphatic rings. The lowest BCUT2D eigenvalue weighted by atomic mass is 9.88. The second-order valence-electron chi connectivity index (χ2n) is 7.41. The number of amides is 1. The van der Waals surface area contributed by atoms with Gasteiger partial charge >= 0.3 is 6.09 Å². The normalized spacial score (nSPS) is 22.0. The van der Waals surface area contributed by atoms with Crippen LogP contribution in [0.15, 0.2) is 35.7 Å². The van der Waals surface area contributed by atoms with Gasteiger partial charge < -0.3 is 14.4 Å². The largest absolute Gasteiger partial charge is 0.480 e. The molecule has 4 nitrogen and oxygen atoms in total. The van der Waals surface area contributed by atoms with Gasteiger partial charge in [0.25, 0.3) is 0 Å². The molecule has 1 aromatic heterocycles. The zero-order chi connectivity index (χ0) is 16.9. The molecule has 0 saturated carbocycles. The van der Waals surface area contributed by atoms with Crippen LogP contribution < -0.4 is 4.74 Å². The fourth-order valence-corrected chi connectivity index (χ4v) is 4.47. The molecule has 0 N–H and O–H groups in total. The second-order valence-corrected chi connectivity index (χ2v) is 8.32. The first kappa shape index (κ1) is 15.5. The maximum absolute atomic E-state index is 12.4. The van der Waals surface area contributed by atoms with E-state index < -0.39 is 11.2 Å². The van der Waals surface area contributed by atoms with Gasteiger partial charge in [0.15, 0.2) is 5.60 Å². The van der Waals surface area contributed by atoms with E-state index in [1.54, 1.807) is 16.2 Å². The van der Waals surface area contributed by atoms with Crippen molar-refractivity contribution in [2.75, 3.05) is 13.1 Å². The quantitative estimate of drug-likeness (QED) is 0.699. The number of carbonyl (C=O) groups is 1. The summed E-state index contributed by atoms with van der Waals surface area (Å²) in [5.74, 6) is 0.901. The summed E-state index contributed by atoms with van der Waals surface area (Å²) in [5, 5.41) is 2.11. The van der Waals surface area contributed by atoms with Crippen molar-refractivity contribution in [3.63, 3.8) is 0 Å². The number of thiophene rings is 1. The summed E-state index contributed by atoms with van der Waals surface area (Å²) in [6.45, 7) is 6.84. The van der Waals surface area contributed by atoms with Gasteiger partial charge in [-0.3, -0.25) is 0 Å². The third-order valence-corrected chi connectivity index (χ3v) is 5.42. The summed E-state index contributed by atoms with van der Waals surface area (Å²) in [7, 11) is 0. The Hall–Kier alpha value is -2.01. The van der Waals surface area contributed by atoms with Crippen molar-refractivity contribution in [3.8, 4) is 16.2 Å². The highest BCUT2D eigenvalue weighted by molar-refractivity contribution is 7.13. The zero-order valence-corrected chi connectivity index (χ0v) is 15.0. The highest BCUT2D eigenvalue weighted by atomic mass is 32.1. The predicted octanol–water partition coefficient (Wildman–Crippen LogP) is 4.64. The van der Waals surface area contributed by atoms with Crippen molar-refractivity contribution >= 4 is 17.4 Å². The molecule has 1 atom stereocenters. The van der Waals surface area contributed by atoms with Crippen LogP contribution >= 0.6 is 11.3 Å². The average Bonchev–Trinajstić information content (AvgIpc) is 3.14. The lowest BCUT2D eigenvalue weighted by Gasteiger charge is -2.35. The van der Waals surface area contributed by atoms with Crippen LogP contribution in [0.5, 0.6) is 5.75 Å². The molecule has 2 aliphatic heterocycles. The molecule has 5 heteroatoms. The Morgan fingerprint density at radius 2 is 2.08 bits per heavy atom. The van der Waals surface area contributed by atoms with Gasteiger partial charge in [-0.05, 0) is 44.4 Å². The van der Waals surface area contributed by atoms with Gasteiger partial charge in [0, 0.05) is 29.0 Å². The van der Waals surface area contributed by atoms with Crippen LogP contribution in [0, 0.1) is 0 Å². The first-order valence-corrected chi connectivity index (χ1v) is 9.10. The Labute approximate surface area is 146 Å². The Bertz CT molecular complexity index is 792. The van der Waals surface area contributed by atoms with E-state index in [1.807, 2.05) is 39.0 Å². The van der Waals surface area contributed by atoms with Crippen LogP contribution in [0.3, 0.4) is 0 Å². The SMILES string of the molecule is CC(C)(C)OC(=O)N1CC[C@]2(C1)Oc1ccccc1-c1sccc12. The summed E-state index contributed by atoms with van der Waals surface area (Å²) < 4.78 is 12.0. The molecule has 1 amide bonds. The maximum Gasteiger partial charge on any atom is 0.410 e. The summed E-state index contributed by atoms with van der Waals surface area (Å²) in [4.78, 5) is 15.5. The van der Waals surface area contributed by atoms with Crippen LogP contribution in [0.2, 0.25) is 0 Å². The van der Waals surface area contributed by atoms with Crippen LogP contribution in [0.1, 0.15) is 32.8 Å². The first-order valence-electron chi connectivity index (χ1n) is 8.22. The Morgan fingerprint density at radius 3 is 2.88 bits per heavy atom. The molecule has 0 bridgehead atoms. The number of rotatable bonds is 0. The minimum atomic E-state index is -0.486. The molecule has 2 aromatic rings. The minimum Gasteiger partial charge on any atom is -0.480 e. The van der Waals surface area contributed by atoms with Crippen molar-refractivity contribution in [2.24, 2.45) is 0 Å². The molecule has 0 unspecified atom stereocenters. The van der Waals surface area contributed by atoms with E-state index in [0.717, 1.165) is 17.7 Å². The fraction of sp³-hybridized carbons (Fsp3) is 0.421. The third-order valence-electron chi connectivity index (χ3n) is 4.48. The number of hydrogen-bond acceptors (Lipinski definition) is 4. The zero-order valence-electron chi connectivity index (χ0n) is 14.2. The Morgan fingerprint density at radius 1 is 1.29 bits per heavy atom. The van der Waals surface area contributed by atoms with Crippen molar-refractivity contribution in [2.45, 2.75) is 38.4 Å². The van der Waals surface area contributed by atoms with Gasteiger partial charge in [-0.1, -0.05) is 12.1 Å². The molecule has 1 spiro atoms. The molecular weight excluding hydrogens is 322 g/mol. The number of hydrogen-bond donors (Lipinski definition) is 0. The second kappa shape index (κ2) is 5.24. The number of benzene rings is 1. The monoisotopic (exact) mass is 343 g/mol. The van der Waals surface area contributed by atoms with E-state index in [4.69, 9.17) is 9.47 Å². The third kappa shape index (κ3) is 2.47. The Kier molecular flexibility index (Phi) is 3.39. The van der Waals surface area contributed by atoms with Crippen LogP contribution in [0.25, 0.3) is 10.4 Å². The lowest BCUT2D eigenvalue weighted by Crippen LogP contribution is -2.41. The number of carbonyl (C=O) groups excluding carboxylic acids is 1. The summed E-state index contributed by atoms with van der Waals surface area (Å²) in [6, 6.07) is 10.3. The number of ether oxygens (including phenoxy) is 2. The van der Waals surface area contributed by atoms with Crippen LogP contribution in [0.4, 0.5) is 4.79 Å². The molecule has 24 heavy (non-hydrogen) atoms. The van der Waals surface area contributed by atoms with Gasteiger partial charge in [0.05, 0.1) is 6.54 Å². The molecule has 1 saturated heterocycles. The van der Waals surface area contributed by atoms with Crippen molar-refractivity contribution < 1.29 is 14.3 Å². The molecule has 0 radical (unpaired) electrons. The van der Waals surface area contributed by atoms with E-state index in [1.165, 1.54) is 10.4 Å². The Balaban J connectivity index is 1.65. The average molecular weight is 343 g/mol. The van der Waals surface area contributed by atoms with E-state index in [9.17, 15) is 4.79 Å². The molecular formula is C19H21NO3S. The molecule has 3 heterocycles. The number of fused-ring (bicyclic) bond motifs is 4. The fourth-order valence-electron chi connectivity index (χ4n) is 3.45. The molecule has 0 aliphatic carbocycles. The van der Waals surface area contributed by atoms with E-state index in [0.29, 0.717) is 13.1 Å². The van der Waals surface area contributed by atoms with E-state index >= 15 is 0 Å². The number of likely N-dealkylation sites (tertiary alicyclic amines) is 1. The highest BCUT2D eigenvalue weighted by Gasteiger charge is 2.48. The summed E-state index contributed by atoms with van der Waals surface area (Å²) in [6.07, 6.45) is 0.517. The first-order chi connectivity index (χ1) is 11.4. The molecule has 4 rings (SSSR count). The number of nitrogens with zero attached hydrogens (tertiary/aromatic N) is 1. The minimum absolute atomic E-state index is 0.265. The van der Waals surface area contributed by atoms with Gasteiger partial charge in [-0.15, -0.1) is 11.3 Å². The topological polar surface area (TPSA) is 38.8 Å². The van der Waals surface area contributed by atoms with Gasteiger partial charge in [-0.25, -0.2) is 4.79 Å². The molecule has 1 aromatic carbocycles. The molecule has 1 fully saturated rings. The van der Waals surface area contributed by atoms with Crippen molar-refractivity contribution in [1.29, 1.82) is 0 Å². The number of para-hydroxylation sites is 1. The predicted molar refractivity (Wildman–Crippen MR) is 94.5 cm³/mol. The highest BCUT2D eigenvalue weighted by Crippen LogP contribution is 2.51. The standard InChI is InChI=1S/C19H21NO3S/c1-18(2,3)23-17(21)20-10-9-19(12-20)14-8-11-24-16(14)13-6-4-5-7-15(13)22-19/h4-8,11H,9-10,12H2,1-3H3/t19-/m1/s1. The van der Waals surface area contributed by atoms with Gasteiger partial charge in [0.1, 0.15) is 11.4 Å². The van der Waals surface area contributed by atoms with Gasteiger partial charge in [-0.2, -0.15) is 0 Å². The van der Waals surface area contributed by atoms with Crippen molar-refractivity contribution in [3.05, 3.63) is 41.3 Å². The summed E-state index contributed by atoms with van der Waals surface area (Å²) >= 11 is 1.73. The van der Waals surface area contributed by atoms with Crippen LogP contribution in [-0.2, 0) is 10.3 Å².